The summed E-state index contributed by atoms with van der Waals surface area (Å²) in [5.41, 5.74) is 1.39. The quantitative estimate of drug-likeness (QED) is 0.477. The molecule has 3 rings (SSSR count). The number of benzene rings is 1. The van der Waals surface area contributed by atoms with Crippen LogP contribution in [0.3, 0.4) is 0 Å². The molecule has 0 saturated carbocycles. The van der Waals surface area contributed by atoms with E-state index in [-0.39, 0.29) is 28.9 Å². The number of hydrogen-bond acceptors (Lipinski definition) is 6. The molecule has 0 atom stereocenters. The number of rotatable bonds is 5. The van der Waals surface area contributed by atoms with Crippen LogP contribution in [0.1, 0.15) is 25.6 Å². The summed E-state index contributed by atoms with van der Waals surface area (Å²) in [4.78, 5) is 27.0. The first kappa shape index (κ1) is 20.8. The van der Waals surface area contributed by atoms with Crippen LogP contribution in [-0.2, 0) is 0 Å². The first-order valence-electron chi connectivity index (χ1n) is 9.19. The maximum absolute atomic E-state index is 13.5. The molecular formula is C21H20FN7O. The highest BCUT2D eigenvalue weighted by atomic mass is 19.1. The Hall–Kier alpha value is -3.93. The van der Waals surface area contributed by atoms with Crippen molar-refractivity contribution in [3.05, 3.63) is 58.3 Å². The van der Waals surface area contributed by atoms with E-state index < -0.39 is 0 Å². The Morgan fingerprint density at radius 1 is 1.13 bits per heavy atom. The fraction of sp³-hybridized carbons (Fsp3) is 0.238. The normalized spacial score (nSPS) is 11.1. The Kier molecular flexibility index (Phi) is 5.97. The molecule has 9 heteroatoms. The number of hydrogen-bond donors (Lipinski definition) is 0. The zero-order valence-electron chi connectivity index (χ0n) is 17.0. The third kappa shape index (κ3) is 4.38. The van der Waals surface area contributed by atoms with Gasteiger partial charge in [-0.05, 0) is 44.2 Å². The molecule has 0 N–H and O–H groups in total. The number of nitrogens with zero attached hydrogens (tertiary/aromatic N) is 7. The number of halogens is 1. The Labute approximate surface area is 173 Å². The average molecular weight is 405 g/mol. The summed E-state index contributed by atoms with van der Waals surface area (Å²) in [7, 11) is 3.58. The van der Waals surface area contributed by atoms with Gasteiger partial charge < -0.3 is 4.90 Å². The summed E-state index contributed by atoms with van der Waals surface area (Å²) in [6.07, 6.45) is 1.51. The lowest BCUT2D eigenvalue weighted by Crippen LogP contribution is -2.24. The minimum Gasteiger partial charge on any atom is -0.369 e. The minimum atomic E-state index is -0.390. The molecule has 0 fully saturated rings. The van der Waals surface area contributed by atoms with Crippen LogP contribution in [0.4, 0.5) is 10.2 Å². The monoisotopic (exact) mass is 405 g/mol. The summed E-state index contributed by atoms with van der Waals surface area (Å²) in [6.45, 7) is 3.68. The van der Waals surface area contributed by atoms with Crippen molar-refractivity contribution in [1.29, 1.82) is 5.26 Å². The van der Waals surface area contributed by atoms with Gasteiger partial charge in [0.2, 0.25) is 0 Å². The Balaban J connectivity index is 2.31. The van der Waals surface area contributed by atoms with Crippen molar-refractivity contribution in [2.24, 2.45) is 4.99 Å². The minimum absolute atomic E-state index is 0.0121. The van der Waals surface area contributed by atoms with Crippen molar-refractivity contribution < 1.29 is 4.39 Å². The zero-order valence-corrected chi connectivity index (χ0v) is 17.0. The van der Waals surface area contributed by atoms with Crippen LogP contribution in [0.5, 0.6) is 0 Å². The Bertz CT molecular complexity index is 1190. The van der Waals surface area contributed by atoms with E-state index in [4.69, 9.17) is 0 Å². The summed E-state index contributed by atoms with van der Waals surface area (Å²) in [6, 6.07) is 10.5. The summed E-state index contributed by atoms with van der Waals surface area (Å²) in [5, 5.41) is 14.0. The summed E-state index contributed by atoms with van der Waals surface area (Å²) in [5.74, 6) is -0.259. The lowest BCUT2D eigenvalue weighted by molar-refractivity contribution is 0.504. The SMILES string of the molecule is CC(C)n1nc(-c2nc(C#N)c(/N=C\N(C)C)nc2-c2ccc(F)cc2)ccc1=O. The molecule has 0 unspecified atom stereocenters. The molecule has 3 aromatic rings. The van der Waals surface area contributed by atoms with E-state index in [1.165, 1.54) is 35.3 Å². The fourth-order valence-electron chi connectivity index (χ4n) is 2.67. The third-order valence-corrected chi connectivity index (χ3v) is 4.07. The molecule has 1 aromatic carbocycles. The molecule has 30 heavy (non-hydrogen) atoms. The van der Waals surface area contributed by atoms with E-state index >= 15 is 0 Å². The van der Waals surface area contributed by atoms with Crippen molar-refractivity contribution in [3.8, 4) is 28.7 Å². The second kappa shape index (κ2) is 8.61. The predicted octanol–water partition coefficient (Wildman–Crippen LogP) is 3.18. The van der Waals surface area contributed by atoms with Gasteiger partial charge in [0.05, 0.1) is 12.4 Å². The lowest BCUT2D eigenvalue weighted by Gasteiger charge is -2.13. The fourth-order valence-corrected chi connectivity index (χ4v) is 2.67. The van der Waals surface area contributed by atoms with Gasteiger partial charge in [0.1, 0.15) is 29.0 Å². The molecule has 0 aliphatic heterocycles. The molecule has 2 heterocycles. The zero-order chi connectivity index (χ0) is 21.8. The second-order valence-electron chi connectivity index (χ2n) is 7.02. The van der Waals surface area contributed by atoms with Crippen molar-refractivity contribution >= 4 is 12.2 Å². The van der Waals surface area contributed by atoms with Gasteiger partial charge in [-0.1, -0.05) is 0 Å². The van der Waals surface area contributed by atoms with E-state index in [0.29, 0.717) is 22.6 Å². The van der Waals surface area contributed by atoms with Crippen molar-refractivity contribution in [2.75, 3.05) is 14.1 Å². The van der Waals surface area contributed by atoms with Crippen LogP contribution in [0.15, 0.2) is 46.2 Å². The molecule has 0 amide bonds. The van der Waals surface area contributed by atoms with Crippen LogP contribution in [0.2, 0.25) is 0 Å². The number of aromatic nitrogens is 4. The van der Waals surface area contributed by atoms with Gasteiger partial charge in [0.25, 0.3) is 5.56 Å². The van der Waals surface area contributed by atoms with Crippen molar-refractivity contribution in [2.45, 2.75) is 19.9 Å². The van der Waals surface area contributed by atoms with Crippen LogP contribution in [0.25, 0.3) is 22.6 Å². The molecular weight excluding hydrogens is 385 g/mol. The predicted molar refractivity (Wildman–Crippen MR) is 112 cm³/mol. The van der Waals surface area contributed by atoms with Crippen molar-refractivity contribution in [3.63, 3.8) is 0 Å². The molecule has 8 nitrogen and oxygen atoms in total. The first-order chi connectivity index (χ1) is 14.3. The van der Waals surface area contributed by atoms with Gasteiger partial charge in [-0.15, -0.1) is 0 Å². The van der Waals surface area contributed by atoms with Crippen molar-refractivity contribution in [1.82, 2.24) is 24.6 Å². The summed E-state index contributed by atoms with van der Waals surface area (Å²) >= 11 is 0. The van der Waals surface area contributed by atoms with Gasteiger partial charge in [0, 0.05) is 25.7 Å². The van der Waals surface area contributed by atoms with Gasteiger partial charge in [0.15, 0.2) is 11.5 Å². The third-order valence-electron chi connectivity index (χ3n) is 4.07. The van der Waals surface area contributed by atoms with Crippen LogP contribution >= 0.6 is 0 Å². The van der Waals surface area contributed by atoms with Gasteiger partial charge >= 0.3 is 0 Å². The summed E-state index contributed by atoms with van der Waals surface area (Å²) < 4.78 is 14.8. The standard InChI is InChI=1S/C21H20FN7O/c1-13(2)29-18(30)10-9-16(27-29)20-19(14-5-7-15(22)8-6-14)26-21(17(11-23)25-20)24-12-28(3)4/h5-10,12-13H,1-4H3/b24-12-. The largest absolute Gasteiger partial charge is 0.369 e. The number of nitriles is 1. The highest BCUT2D eigenvalue weighted by molar-refractivity contribution is 5.78. The lowest BCUT2D eigenvalue weighted by atomic mass is 10.1. The highest BCUT2D eigenvalue weighted by Crippen LogP contribution is 2.31. The molecule has 0 saturated heterocycles. The van der Waals surface area contributed by atoms with E-state index in [1.807, 2.05) is 19.9 Å². The molecule has 0 aliphatic carbocycles. The van der Waals surface area contributed by atoms with E-state index in [2.05, 4.69) is 20.1 Å². The van der Waals surface area contributed by atoms with Gasteiger partial charge in [-0.2, -0.15) is 10.4 Å². The van der Waals surface area contributed by atoms with E-state index in [9.17, 15) is 14.4 Å². The van der Waals surface area contributed by atoms with Gasteiger partial charge in [-0.25, -0.2) is 24.0 Å². The average Bonchev–Trinajstić information content (AvgIpc) is 2.72. The molecule has 0 radical (unpaired) electrons. The maximum Gasteiger partial charge on any atom is 0.267 e. The molecule has 2 aromatic heterocycles. The van der Waals surface area contributed by atoms with Crippen LogP contribution < -0.4 is 5.56 Å². The van der Waals surface area contributed by atoms with Gasteiger partial charge in [-0.3, -0.25) is 4.79 Å². The van der Waals surface area contributed by atoms with Crippen LogP contribution in [0, 0.1) is 17.1 Å². The second-order valence-corrected chi connectivity index (χ2v) is 7.02. The topological polar surface area (TPSA) is 100 Å². The Morgan fingerprint density at radius 3 is 2.43 bits per heavy atom. The highest BCUT2D eigenvalue weighted by Gasteiger charge is 2.19. The van der Waals surface area contributed by atoms with Crippen LogP contribution in [-0.4, -0.2) is 45.1 Å². The van der Waals surface area contributed by atoms with E-state index in [0.717, 1.165) is 0 Å². The van der Waals surface area contributed by atoms with E-state index in [1.54, 1.807) is 31.1 Å². The molecule has 0 aliphatic rings. The maximum atomic E-state index is 13.5. The number of aliphatic imine (C=N–C) groups is 1. The first-order valence-corrected chi connectivity index (χ1v) is 9.19. The molecule has 0 bridgehead atoms. The molecule has 152 valence electrons. The smallest absolute Gasteiger partial charge is 0.267 e. The Morgan fingerprint density at radius 2 is 1.83 bits per heavy atom. The molecule has 0 spiro atoms.